The van der Waals surface area contributed by atoms with Gasteiger partial charge in [-0.25, -0.2) is 0 Å². The molecule has 5 nitrogen and oxygen atoms in total. The first kappa shape index (κ1) is 19.7. The summed E-state index contributed by atoms with van der Waals surface area (Å²) < 4.78 is 7.51. The van der Waals surface area contributed by atoms with Crippen LogP contribution in [0.5, 0.6) is 5.75 Å². The minimum atomic E-state index is -0.0763. The van der Waals surface area contributed by atoms with Crippen molar-refractivity contribution in [2.24, 2.45) is 0 Å². The largest absolute Gasteiger partial charge is 0.495 e. The van der Waals surface area contributed by atoms with Gasteiger partial charge in [0.05, 0.1) is 29.9 Å². The fraction of sp³-hybridized carbons (Fsp3) is 0.273. The van der Waals surface area contributed by atoms with Crippen molar-refractivity contribution in [2.75, 3.05) is 12.0 Å². The van der Waals surface area contributed by atoms with Crippen molar-refractivity contribution in [2.45, 2.75) is 32.0 Å². The van der Waals surface area contributed by atoms with Crippen LogP contribution in [0.1, 0.15) is 43.2 Å². The van der Waals surface area contributed by atoms with E-state index in [1.54, 1.807) is 7.11 Å². The second kappa shape index (κ2) is 8.05. The SMILES string of the molecule is COc1ccc(N2C(=S)N[C@H](c3ccccn3)[C@@H]2c2ccn(C(C)C)c2)cc1Cl. The lowest BCUT2D eigenvalue weighted by atomic mass is 9.98. The van der Waals surface area contributed by atoms with Gasteiger partial charge in [0.1, 0.15) is 5.75 Å². The van der Waals surface area contributed by atoms with E-state index in [4.69, 9.17) is 28.6 Å². The number of nitrogens with zero attached hydrogens (tertiary/aromatic N) is 3. The Bertz CT molecular complexity index is 1020. The van der Waals surface area contributed by atoms with Crippen molar-refractivity contribution in [3.63, 3.8) is 0 Å². The lowest BCUT2D eigenvalue weighted by Gasteiger charge is -2.27. The van der Waals surface area contributed by atoms with Gasteiger partial charge in [-0.05, 0) is 68.0 Å². The molecule has 2 aromatic heterocycles. The Morgan fingerprint density at radius 3 is 2.66 bits per heavy atom. The number of thiocarbonyl (C=S) groups is 1. The highest BCUT2D eigenvalue weighted by atomic mass is 35.5. The van der Waals surface area contributed by atoms with Crippen LogP contribution in [0.25, 0.3) is 0 Å². The van der Waals surface area contributed by atoms with E-state index >= 15 is 0 Å². The quantitative estimate of drug-likeness (QED) is 0.560. The van der Waals surface area contributed by atoms with Crippen molar-refractivity contribution in [1.82, 2.24) is 14.9 Å². The van der Waals surface area contributed by atoms with E-state index in [0.29, 0.717) is 21.9 Å². The van der Waals surface area contributed by atoms with E-state index in [1.165, 1.54) is 0 Å². The van der Waals surface area contributed by atoms with Crippen LogP contribution in [-0.2, 0) is 0 Å². The highest BCUT2D eigenvalue weighted by Gasteiger charge is 2.41. The highest BCUT2D eigenvalue weighted by molar-refractivity contribution is 7.80. The molecule has 150 valence electrons. The number of aromatic nitrogens is 2. The highest BCUT2D eigenvalue weighted by Crippen LogP contribution is 2.43. The molecule has 1 fully saturated rings. The van der Waals surface area contributed by atoms with E-state index in [0.717, 1.165) is 16.9 Å². The van der Waals surface area contributed by atoms with E-state index < -0.39 is 0 Å². The van der Waals surface area contributed by atoms with Crippen molar-refractivity contribution in [1.29, 1.82) is 0 Å². The predicted molar refractivity (Wildman–Crippen MR) is 121 cm³/mol. The zero-order chi connectivity index (χ0) is 20.5. The van der Waals surface area contributed by atoms with Gasteiger partial charge in [0.25, 0.3) is 0 Å². The van der Waals surface area contributed by atoms with Gasteiger partial charge in [-0.1, -0.05) is 17.7 Å². The number of hydrogen-bond acceptors (Lipinski definition) is 3. The van der Waals surface area contributed by atoms with Crippen LogP contribution in [-0.4, -0.2) is 21.8 Å². The summed E-state index contributed by atoms with van der Waals surface area (Å²) in [5, 5.41) is 4.66. The molecule has 29 heavy (non-hydrogen) atoms. The van der Waals surface area contributed by atoms with Crippen LogP contribution in [0, 0.1) is 0 Å². The van der Waals surface area contributed by atoms with Gasteiger partial charge in [-0.3, -0.25) is 4.98 Å². The summed E-state index contributed by atoms with van der Waals surface area (Å²) in [4.78, 5) is 6.70. The van der Waals surface area contributed by atoms with Crippen molar-refractivity contribution in [3.05, 3.63) is 77.3 Å². The molecule has 1 saturated heterocycles. The Hall–Kier alpha value is -2.57. The Morgan fingerprint density at radius 1 is 1.21 bits per heavy atom. The molecule has 0 unspecified atom stereocenters. The summed E-state index contributed by atoms with van der Waals surface area (Å²) in [5.41, 5.74) is 3.02. The molecule has 0 radical (unpaired) electrons. The smallest absolute Gasteiger partial charge is 0.174 e. The van der Waals surface area contributed by atoms with Crippen LogP contribution in [0.15, 0.2) is 61.1 Å². The summed E-state index contributed by atoms with van der Waals surface area (Å²) in [6.07, 6.45) is 6.10. The number of methoxy groups -OCH3 is 1. The molecule has 1 N–H and O–H groups in total. The zero-order valence-corrected chi connectivity index (χ0v) is 18.1. The van der Waals surface area contributed by atoms with Crippen LogP contribution in [0.2, 0.25) is 5.02 Å². The molecule has 2 atom stereocenters. The Balaban J connectivity index is 1.81. The second-order valence-electron chi connectivity index (χ2n) is 7.30. The third-order valence-corrected chi connectivity index (χ3v) is 5.80. The third kappa shape index (κ3) is 3.70. The van der Waals surface area contributed by atoms with E-state index in [9.17, 15) is 0 Å². The lowest BCUT2D eigenvalue weighted by molar-refractivity contribution is 0.415. The van der Waals surface area contributed by atoms with Gasteiger partial charge in [-0.15, -0.1) is 0 Å². The van der Waals surface area contributed by atoms with Crippen LogP contribution < -0.4 is 15.0 Å². The average molecular weight is 427 g/mol. The second-order valence-corrected chi connectivity index (χ2v) is 8.10. The Kier molecular flexibility index (Phi) is 5.48. The maximum Gasteiger partial charge on any atom is 0.174 e. The van der Waals surface area contributed by atoms with Crippen LogP contribution >= 0.6 is 23.8 Å². The minimum Gasteiger partial charge on any atom is -0.495 e. The van der Waals surface area contributed by atoms with Gasteiger partial charge in [0, 0.05) is 30.3 Å². The number of nitrogens with one attached hydrogen (secondary N) is 1. The predicted octanol–water partition coefficient (Wildman–Crippen LogP) is 5.30. The topological polar surface area (TPSA) is 42.3 Å². The summed E-state index contributed by atoms with van der Waals surface area (Å²) >= 11 is 12.2. The molecule has 4 rings (SSSR count). The third-order valence-electron chi connectivity index (χ3n) is 5.19. The summed E-state index contributed by atoms with van der Waals surface area (Å²) in [5.74, 6) is 0.636. The van der Waals surface area contributed by atoms with Crippen molar-refractivity contribution < 1.29 is 4.74 Å². The number of benzene rings is 1. The number of hydrogen-bond donors (Lipinski definition) is 1. The number of anilines is 1. The van der Waals surface area contributed by atoms with Gasteiger partial charge in [0.2, 0.25) is 0 Å². The average Bonchev–Trinajstić information content (AvgIpc) is 3.33. The Labute approximate surface area is 181 Å². The summed E-state index contributed by atoms with van der Waals surface area (Å²) in [6, 6.07) is 14.1. The van der Waals surface area contributed by atoms with Crippen LogP contribution in [0.4, 0.5) is 5.69 Å². The van der Waals surface area contributed by atoms with Gasteiger partial charge >= 0.3 is 0 Å². The molecular formula is C22H23ClN4OS. The monoisotopic (exact) mass is 426 g/mol. The molecule has 1 aliphatic heterocycles. The number of pyridine rings is 1. The zero-order valence-electron chi connectivity index (χ0n) is 16.5. The fourth-order valence-electron chi connectivity index (χ4n) is 3.70. The van der Waals surface area contributed by atoms with Gasteiger partial charge < -0.3 is 19.5 Å². The molecule has 0 saturated carbocycles. The maximum atomic E-state index is 6.42. The van der Waals surface area contributed by atoms with Crippen LogP contribution in [0.3, 0.4) is 0 Å². The van der Waals surface area contributed by atoms with Crippen molar-refractivity contribution in [3.8, 4) is 5.75 Å². The molecule has 0 bridgehead atoms. The van der Waals surface area contributed by atoms with E-state index in [2.05, 4.69) is 52.1 Å². The number of rotatable bonds is 5. The summed E-state index contributed by atoms with van der Waals surface area (Å²) in [6.45, 7) is 4.33. The standard InChI is InChI=1S/C22H23ClN4OS/c1-14(2)26-11-9-15(13-26)21-20(18-6-4-5-10-24-18)25-22(29)27(21)16-7-8-19(28-3)17(23)12-16/h4-14,20-21H,1-3H3,(H,25,29)/t20-,21+/m1/s1. The molecule has 7 heteroatoms. The minimum absolute atomic E-state index is 0.0538. The fourth-order valence-corrected chi connectivity index (χ4v) is 4.30. The van der Waals surface area contributed by atoms with Gasteiger partial charge in [-0.2, -0.15) is 0 Å². The first-order valence-corrected chi connectivity index (χ1v) is 10.3. The molecule has 3 heterocycles. The summed E-state index contributed by atoms with van der Waals surface area (Å²) in [7, 11) is 1.61. The Morgan fingerprint density at radius 2 is 2.03 bits per heavy atom. The molecule has 3 aromatic rings. The molecule has 1 aliphatic rings. The first-order valence-electron chi connectivity index (χ1n) is 9.51. The molecule has 0 aliphatic carbocycles. The molecule has 0 spiro atoms. The molecule has 0 amide bonds. The molecular weight excluding hydrogens is 404 g/mol. The molecule has 1 aromatic carbocycles. The number of halogens is 1. The van der Waals surface area contributed by atoms with Crippen molar-refractivity contribution >= 4 is 34.6 Å². The van der Waals surface area contributed by atoms with Gasteiger partial charge in [0.15, 0.2) is 5.11 Å². The maximum absolute atomic E-state index is 6.42. The first-order chi connectivity index (χ1) is 14.0. The normalized spacial score (nSPS) is 18.9. The lowest BCUT2D eigenvalue weighted by Crippen LogP contribution is -2.29. The number of ether oxygens (including phenoxy) is 1. The van der Waals surface area contributed by atoms with E-state index in [-0.39, 0.29) is 12.1 Å². The van der Waals surface area contributed by atoms with E-state index in [1.807, 2.05) is 42.6 Å².